The van der Waals surface area contributed by atoms with Crippen LogP contribution in [0.5, 0.6) is 11.5 Å². The van der Waals surface area contributed by atoms with Crippen molar-refractivity contribution in [3.05, 3.63) is 59.7 Å². The molecule has 0 fully saturated rings. The summed E-state index contributed by atoms with van der Waals surface area (Å²) >= 11 is 0. The van der Waals surface area contributed by atoms with E-state index in [-0.39, 0.29) is 11.5 Å². The number of hydrogen-bond donors (Lipinski definition) is 2. The van der Waals surface area contributed by atoms with E-state index in [9.17, 15) is 18.3 Å². The number of ether oxygens (including phenoxy) is 1. The molecule has 0 aliphatic rings. The van der Waals surface area contributed by atoms with E-state index in [2.05, 4.69) is 4.74 Å². The Labute approximate surface area is 113 Å². The molecule has 0 aromatic heterocycles. The number of phenolic OH excluding ortho intramolecular Hbond substituents is 1. The van der Waals surface area contributed by atoms with Gasteiger partial charge in [-0.3, -0.25) is 0 Å². The van der Waals surface area contributed by atoms with Gasteiger partial charge in [0.25, 0.3) is 0 Å². The zero-order chi connectivity index (χ0) is 14.8. The molecule has 0 spiro atoms. The second-order valence-electron chi connectivity index (χ2n) is 4.19. The zero-order valence-electron chi connectivity index (χ0n) is 10.3. The van der Waals surface area contributed by atoms with E-state index in [1.807, 2.05) is 0 Å². The number of aromatic hydroxyl groups is 1. The predicted octanol–water partition coefficient (Wildman–Crippen LogP) is 3.34. The summed E-state index contributed by atoms with van der Waals surface area (Å²) in [6, 6.07) is 11.2. The molecular formula is C14H12F3NO2. The minimum Gasteiger partial charge on any atom is -0.508 e. The van der Waals surface area contributed by atoms with Crippen LogP contribution in [0.1, 0.15) is 17.2 Å². The van der Waals surface area contributed by atoms with Gasteiger partial charge in [0.05, 0.1) is 6.04 Å². The molecule has 2 aromatic carbocycles. The average molecular weight is 283 g/mol. The van der Waals surface area contributed by atoms with Crippen LogP contribution in [0.15, 0.2) is 48.5 Å². The van der Waals surface area contributed by atoms with Crippen molar-refractivity contribution in [3.63, 3.8) is 0 Å². The first kappa shape index (κ1) is 14.2. The van der Waals surface area contributed by atoms with E-state index in [1.165, 1.54) is 36.4 Å². The Hall–Kier alpha value is -2.21. The van der Waals surface area contributed by atoms with Gasteiger partial charge in [0.1, 0.15) is 11.5 Å². The molecule has 2 rings (SSSR count). The van der Waals surface area contributed by atoms with Gasteiger partial charge in [-0.05, 0) is 35.4 Å². The van der Waals surface area contributed by atoms with Crippen LogP contribution in [-0.2, 0) is 0 Å². The summed E-state index contributed by atoms with van der Waals surface area (Å²) in [6.07, 6.45) is -4.71. The largest absolute Gasteiger partial charge is 0.573 e. The summed E-state index contributed by atoms with van der Waals surface area (Å²) < 4.78 is 39.9. The van der Waals surface area contributed by atoms with Crippen LogP contribution in [0.4, 0.5) is 13.2 Å². The van der Waals surface area contributed by atoms with Gasteiger partial charge >= 0.3 is 6.36 Å². The molecule has 0 radical (unpaired) electrons. The van der Waals surface area contributed by atoms with Crippen LogP contribution < -0.4 is 10.5 Å². The van der Waals surface area contributed by atoms with Crippen LogP contribution in [0.2, 0.25) is 0 Å². The predicted molar refractivity (Wildman–Crippen MR) is 67.3 cm³/mol. The Kier molecular flexibility index (Phi) is 3.85. The van der Waals surface area contributed by atoms with Gasteiger partial charge < -0.3 is 15.6 Å². The molecule has 0 amide bonds. The van der Waals surface area contributed by atoms with Gasteiger partial charge in [-0.1, -0.05) is 24.3 Å². The smallest absolute Gasteiger partial charge is 0.508 e. The average Bonchev–Trinajstić information content (AvgIpc) is 2.37. The molecule has 6 heteroatoms. The van der Waals surface area contributed by atoms with E-state index in [0.29, 0.717) is 11.1 Å². The Morgan fingerprint density at radius 3 is 2.20 bits per heavy atom. The Morgan fingerprint density at radius 2 is 1.65 bits per heavy atom. The fourth-order valence-electron chi connectivity index (χ4n) is 1.79. The topological polar surface area (TPSA) is 55.5 Å². The standard InChI is InChI=1S/C14H12F3NO2/c15-14(16,17)20-12-6-4-9(5-7-12)13(18)10-2-1-3-11(19)8-10/h1-8,13,19H,18H2/t13-/m0/s1. The number of hydrogen-bond acceptors (Lipinski definition) is 3. The summed E-state index contributed by atoms with van der Waals surface area (Å²) in [5, 5.41) is 9.38. The lowest BCUT2D eigenvalue weighted by molar-refractivity contribution is -0.274. The number of rotatable bonds is 3. The summed E-state index contributed by atoms with van der Waals surface area (Å²) in [7, 11) is 0. The molecule has 0 bridgehead atoms. The van der Waals surface area contributed by atoms with Crippen molar-refractivity contribution < 1.29 is 23.0 Å². The van der Waals surface area contributed by atoms with Crippen LogP contribution in [0.25, 0.3) is 0 Å². The fraction of sp³-hybridized carbons (Fsp3) is 0.143. The summed E-state index contributed by atoms with van der Waals surface area (Å²) in [5.74, 6) is -0.223. The van der Waals surface area contributed by atoms with Crippen molar-refractivity contribution in [2.24, 2.45) is 5.73 Å². The minimum atomic E-state index is -4.71. The Balaban J connectivity index is 2.17. The lowest BCUT2D eigenvalue weighted by Crippen LogP contribution is -2.17. The molecule has 0 saturated carbocycles. The zero-order valence-corrected chi connectivity index (χ0v) is 10.3. The number of benzene rings is 2. The third kappa shape index (κ3) is 3.64. The van der Waals surface area contributed by atoms with Gasteiger partial charge in [-0.2, -0.15) is 0 Å². The molecule has 0 unspecified atom stereocenters. The highest BCUT2D eigenvalue weighted by atomic mass is 19.4. The number of phenols is 1. The molecule has 0 aliphatic heterocycles. The maximum Gasteiger partial charge on any atom is 0.573 e. The molecule has 20 heavy (non-hydrogen) atoms. The highest BCUT2D eigenvalue weighted by molar-refractivity contribution is 5.37. The van der Waals surface area contributed by atoms with Gasteiger partial charge in [0, 0.05) is 0 Å². The quantitative estimate of drug-likeness (QED) is 0.908. The van der Waals surface area contributed by atoms with E-state index >= 15 is 0 Å². The maximum atomic E-state index is 12.0. The first-order valence-corrected chi connectivity index (χ1v) is 5.75. The van der Waals surface area contributed by atoms with E-state index in [0.717, 1.165) is 0 Å². The lowest BCUT2D eigenvalue weighted by Gasteiger charge is -2.14. The van der Waals surface area contributed by atoms with E-state index < -0.39 is 12.4 Å². The molecule has 0 heterocycles. The van der Waals surface area contributed by atoms with Crippen LogP contribution in [0, 0.1) is 0 Å². The molecular weight excluding hydrogens is 271 g/mol. The molecule has 3 N–H and O–H groups in total. The molecule has 0 saturated heterocycles. The monoisotopic (exact) mass is 283 g/mol. The summed E-state index contributed by atoms with van der Waals surface area (Å²) in [5.41, 5.74) is 7.27. The SMILES string of the molecule is N[C@@H](c1ccc(OC(F)(F)F)cc1)c1cccc(O)c1. The van der Waals surface area contributed by atoms with E-state index in [1.54, 1.807) is 12.1 Å². The number of alkyl halides is 3. The highest BCUT2D eigenvalue weighted by Crippen LogP contribution is 2.26. The number of halogens is 3. The van der Waals surface area contributed by atoms with Crippen LogP contribution in [0.3, 0.4) is 0 Å². The van der Waals surface area contributed by atoms with Crippen LogP contribution in [-0.4, -0.2) is 11.5 Å². The van der Waals surface area contributed by atoms with Gasteiger partial charge in [-0.15, -0.1) is 13.2 Å². The third-order valence-electron chi connectivity index (χ3n) is 2.70. The molecule has 0 aliphatic carbocycles. The van der Waals surface area contributed by atoms with Crippen molar-refractivity contribution in [1.29, 1.82) is 0 Å². The Morgan fingerprint density at radius 1 is 1.00 bits per heavy atom. The molecule has 1 atom stereocenters. The van der Waals surface area contributed by atoms with Gasteiger partial charge in [-0.25, -0.2) is 0 Å². The van der Waals surface area contributed by atoms with Crippen molar-refractivity contribution in [2.75, 3.05) is 0 Å². The third-order valence-corrected chi connectivity index (χ3v) is 2.70. The van der Waals surface area contributed by atoms with Crippen molar-refractivity contribution in [3.8, 4) is 11.5 Å². The molecule has 106 valence electrons. The molecule has 3 nitrogen and oxygen atoms in total. The summed E-state index contributed by atoms with van der Waals surface area (Å²) in [4.78, 5) is 0. The van der Waals surface area contributed by atoms with Crippen molar-refractivity contribution in [1.82, 2.24) is 0 Å². The number of nitrogens with two attached hydrogens (primary N) is 1. The fourth-order valence-corrected chi connectivity index (χ4v) is 1.79. The first-order chi connectivity index (χ1) is 9.35. The first-order valence-electron chi connectivity index (χ1n) is 5.75. The van der Waals surface area contributed by atoms with Gasteiger partial charge in [0.2, 0.25) is 0 Å². The van der Waals surface area contributed by atoms with Gasteiger partial charge in [0.15, 0.2) is 0 Å². The lowest BCUT2D eigenvalue weighted by atomic mass is 9.99. The minimum absolute atomic E-state index is 0.0787. The van der Waals surface area contributed by atoms with Crippen molar-refractivity contribution >= 4 is 0 Å². The highest BCUT2D eigenvalue weighted by Gasteiger charge is 2.31. The molecule has 2 aromatic rings. The second kappa shape index (κ2) is 5.42. The van der Waals surface area contributed by atoms with Crippen LogP contribution >= 0.6 is 0 Å². The van der Waals surface area contributed by atoms with Crippen molar-refractivity contribution in [2.45, 2.75) is 12.4 Å². The Bertz CT molecular complexity index is 582. The second-order valence-corrected chi connectivity index (χ2v) is 4.19. The normalized spacial score (nSPS) is 13.0. The summed E-state index contributed by atoms with van der Waals surface area (Å²) in [6.45, 7) is 0. The maximum absolute atomic E-state index is 12.0. The van der Waals surface area contributed by atoms with E-state index in [4.69, 9.17) is 5.73 Å².